The van der Waals surface area contributed by atoms with Crippen LogP contribution >= 0.6 is 11.6 Å². The zero-order valence-corrected chi connectivity index (χ0v) is 15.7. The summed E-state index contributed by atoms with van der Waals surface area (Å²) in [6, 6.07) is 5.36. The molecule has 1 aromatic rings. The number of imide groups is 1. The predicted octanol–water partition coefficient (Wildman–Crippen LogP) is 2.34. The fourth-order valence-corrected chi connectivity index (χ4v) is 3.68. The summed E-state index contributed by atoms with van der Waals surface area (Å²) in [6.45, 7) is 3.83. The van der Waals surface area contributed by atoms with Crippen molar-refractivity contribution in [2.45, 2.75) is 49.8 Å². The molecular formula is C18H24ClN3O3. The lowest BCUT2D eigenvalue weighted by molar-refractivity contribution is -0.127. The number of amides is 3. The second kappa shape index (κ2) is 6.18. The van der Waals surface area contributed by atoms with E-state index in [0.717, 1.165) is 18.4 Å². The van der Waals surface area contributed by atoms with Crippen LogP contribution in [0.1, 0.15) is 37.8 Å². The van der Waals surface area contributed by atoms with E-state index in [4.69, 9.17) is 16.3 Å². The van der Waals surface area contributed by atoms with Crippen LogP contribution in [0.3, 0.4) is 0 Å². The summed E-state index contributed by atoms with van der Waals surface area (Å²) in [5.41, 5.74) is 0.0723. The van der Waals surface area contributed by atoms with Crippen molar-refractivity contribution in [3.63, 3.8) is 0 Å². The summed E-state index contributed by atoms with van der Waals surface area (Å²) < 4.78 is 6.04. The van der Waals surface area contributed by atoms with Gasteiger partial charge < -0.3 is 10.1 Å². The molecule has 3 rings (SSSR count). The highest BCUT2D eigenvalue weighted by Crippen LogP contribution is 2.45. The van der Waals surface area contributed by atoms with Gasteiger partial charge in [0.15, 0.2) is 5.54 Å². The van der Waals surface area contributed by atoms with Crippen LogP contribution in [0, 0.1) is 0 Å². The van der Waals surface area contributed by atoms with Crippen LogP contribution in [0.15, 0.2) is 18.2 Å². The summed E-state index contributed by atoms with van der Waals surface area (Å²) in [4.78, 5) is 26.4. The largest absolute Gasteiger partial charge is 0.487 e. The van der Waals surface area contributed by atoms with Gasteiger partial charge in [0.1, 0.15) is 11.4 Å². The van der Waals surface area contributed by atoms with E-state index in [1.165, 1.54) is 0 Å². The second-order valence-corrected chi connectivity index (χ2v) is 8.12. The number of nitrogens with one attached hydrogen (secondary N) is 2. The molecular weight excluding hydrogens is 342 g/mol. The zero-order valence-electron chi connectivity index (χ0n) is 15.0. The molecule has 1 saturated heterocycles. The van der Waals surface area contributed by atoms with E-state index in [1.54, 1.807) is 0 Å². The van der Waals surface area contributed by atoms with Gasteiger partial charge in [0, 0.05) is 12.0 Å². The molecule has 6 nitrogen and oxygen atoms in total. The topological polar surface area (TPSA) is 70.7 Å². The molecule has 0 radical (unpaired) electrons. The van der Waals surface area contributed by atoms with Crippen molar-refractivity contribution in [1.29, 1.82) is 0 Å². The molecule has 3 amide bonds. The summed E-state index contributed by atoms with van der Waals surface area (Å²) in [5, 5.41) is 5.20. The van der Waals surface area contributed by atoms with Gasteiger partial charge in [0.2, 0.25) is 0 Å². The monoisotopic (exact) mass is 365 g/mol. The predicted molar refractivity (Wildman–Crippen MR) is 95.8 cm³/mol. The maximum atomic E-state index is 12.6. The molecule has 2 N–H and O–H groups in total. The van der Waals surface area contributed by atoms with E-state index in [9.17, 15) is 9.59 Å². The maximum absolute atomic E-state index is 12.6. The molecule has 0 bridgehead atoms. The van der Waals surface area contributed by atoms with E-state index in [-0.39, 0.29) is 11.4 Å². The maximum Gasteiger partial charge on any atom is 0.322 e. The van der Waals surface area contributed by atoms with Crippen LogP contribution in [0.4, 0.5) is 4.79 Å². The number of rotatable bonds is 4. The number of urea groups is 1. The normalized spacial score (nSPS) is 25.4. The van der Waals surface area contributed by atoms with E-state index in [0.29, 0.717) is 17.7 Å². The molecule has 0 saturated carbocycles. The van der Waals surface area contributed by atoms with Gasteiger partial charge in [0.05, 0.1) is 5.50 Å². The molecule has 136 valence electrons. The molecule has 2 unspecified atom stereocenters. The number of nitrogens with zero attached hydrogens (tertiary/aromatic N) is 1. The molecule has 7 heteroatoms. The van der Waals surface area contributed by atoms with Crippen LogP contribution < -0.4 is 15.4 Å². The van der Waals surface area contributed by atoms with E-state index < -0.39 is 17.2 Å². The van der Waals surface area contributed by atoms with E-state index in [1.807, 2.05) is 51.0 Å². The van der Waals surface area contributed by atoms with Crippen LogP contribution in [0.2, 0.25) is 0 Å². The quantitative estimate of drug-likeness (QED) is 0.488. The minimum Gasteiger partial charge on any atom is -0.487 e. The highest BCUT2D eigenvalue weighted by Gasteiger charge is 2.55. The molecule has 1 aromatic carbocycles. The van der Waals surface area contributed by atoms with Gasteiger partial charge in [-0.15, -0.1) is 11.6 Å². The van der Waals surface area contributed by atoms with Gasteiger partial charge >= 0.3 is 6.03 Å². The van der Waals surface area contributed by atoms with Gasteiger partial charge in [-0.2, -0.15) is 0 Å². The molecule has 2 atom stereocenters. The first-order chi connectivity index (χ1) is 11.6. The highest BCUT2D eigenvalue weighted by atomic mass is 35.5. The Morgan fingerprint density at radius 2 is 2.04 bits per heavy atom. The zero-order chi connectivity index (χ0) is 18.4. The summed E-state index contributed by atoms with van der Waals surface area (Å²) in [5.74, 6) is 0.308. The molecule has 0 aliphatic carbocycles. The number of ether oxygens (including phenoxy) is 1. The summed E-state index contributed by atoms with van der Waals surface area (Å²) >= 11 is 6.29. The fraction of sp³-hybridized carbons (Fsp3) is 0.556. The number of halogens is 1. The van der Waals surface area contributed by atoms with E-state index in [2.05, 4.69) is 10.6 Å². The number of alkyl halides is 1. The van der Waals surface area contributed by atoms with Gasteiger partial charge in [-0.05, 0) is 58.5 Å². The number of carbonyl (C=O) groups excluding carboxylic acids is 2. The molecule has 25 heavy (non-hydrogen) atoms. The third-order valence-electron chi connectivity index (χ3n) is 4.75. The van der Waals surface area contributed by atoms with Crippen molar-refractivity contribution >= 4 is 23.5 Å². The lowest BCUT2D eigenvalue weighted by Crippen LogP contribution is -2.53. The lowest BCUT2D eigenvalue weighted by atomic mass is 9.77. The first-order valence-electron chi connectivity index (χ1n) is 8.39. The van der Waals surface area contributed by atoms with Crippen LogP contribution in [0.5, 0.6) is 5.75 Å². The Labute approximate surface area is 152 Å². The molecule has 0 aromatic heterocycles. The van der Waals surface area contributed by atoms with Crippen molar-refractivity contribution in [1.82, 2.24) is 15.5 Å². The van der Waals surface area contributed by atoms with Crippen LogP contribution in [0.25, 0.3) is 0 Å². The summed E-state index contributed by atoms with van der Waals surface area (Å²) in [7, 11) is 3.88. The fourth-order valence-electron chi connectivity index (χ4n) is 3.57. The Kier molecular flexibility index (Phi) is 4.45. The minimum atomic E-state index is -1.08. The molecule has 1 fully saturated rings. The van der Waals surface area contributed by atoms with Gasteiger partial charge in [-0.25, -0.2) is 4.79 Å². The Hall–Kier alpha value is -1.79. The SMILES string of the molecule is CN(C)C(Cl)CCc1ccc2c(c1)C1(CC(C)(C)O2)NC(=O)NC1=O. The number of benzene rings is 1. The number of carbonyl (C=O) groups is 2. The summed E-state index contributed by atoms with van der Waals surface area (Å²) in [6.07, 6.45) is 1.93. The molecule has 1 spiro atoms. The lowest BCUT2D eigenvalue weighted by Gasteiger charge is -2.42. The molecule has 2 aliphatic heterocycles. The first-order valence-corrected chi connectivity index (χ1v) is 8.83. The van der Waals surface area contributed by atoms with Crippen molar-refractivity contribution in [3.05, 3.63) is 29.3 Å². The average molecular weight is 366 g/mol. The van der Waals surface area contributed by atoms with Gasteiger partial charge in [-0.1, -0.05) is 6.07 Å². The van der Waals surface area contributed by atoms with Crippen molar-refractivity contribution in [3.8, 4) is 5.75 Å². The molecule has 2 aliphatic rings. The Bertz CT molecular complexity index is 720. The Morgan fingerprint density at radius 1 is 1.32 bits per heavy atom. The Morgan fingerprint density at radius 3 is 2.64 bits per heavy atom. The van der Waals surface area contributed by atoms with Gasteiger partial charge in [0.25, 0.3) is 5.91 Å². The number of hydrogen-bond donors (Lipinski definition) is 2. The highest BCUT2D eigenvalue weighted by molar-refractivity contribution is 6.20. The second-order valence-electron chi connectivity index (χ2n) is 7.62. The number of hydrogen-bond acceptors (Lipinski definition) is 4. The van der Waals surface area contributed by atoms with Crippen LogP contribution in [-0.4, -0.2) is 42.0 Å². The van der Waals surface area contributed by atoms with Crippen LogP contribution in [-0.2, 0) is 16.8 Å². The van der Waals surface area contributed by atoms with Crippen molar-refractivity contribution in [2.75, 3.05) is 14.1 Å². The average Bonchev–Trinajstić information content (AvgIpc) is 2.78. The Balaban J connectivity index is 1.96. The van der Waals surface area contributed by atoms with Crippen molar-refractivity contribution in [2.24, 2.45) is 0 Å². The van der Waals surface area contributed by atoms with Gasteiger partial charge in [-0.3, -0.25) is 15.0 Å². The first kappa shape index (κ1) is 18.0. The third kappa shape index (κ3) is 3.33. The smallest absolute Gasteiger partial charge is 0.322 e. The number of fused-ring (bicyclic) bond motifs is 2. The number of aryl methyl sites for hydroxylation is 1. The van der Waals surface area contributed by atoms with E-state index >= 15 is 0 Å². The van der Waals surface area contributed by atoms with Crippen molar-refractivity contribution < 1.29 is 14.3 Å². The molecule has 2 heterocycles. The standard InChI is InChI=1S/C18H24ClN3O3/c1-17(2)10-18(15(23)20-16(24)21-18)12-9-11(5-7-13(12)25-17)6-8-14(19)22(3)4/h5,7,9,14H,6,8,10H2,1-4H3,(H2,20,21,23,24). The third-order valence-corrected chi connectivity index (χ3v) is 5.36. The minimum absolute atomic E-state index is 0.0605.